The first kappa shape index (κ1) is 18.5. The van der Waals surface area contributed by atoms with Crippen molar-refractivity contribution in [2.45, 2.75) is 6.54 Å². The molecule has 3 aromatic rings. The van der Waals surface area contributed by atoms with E-state index in [2.05, 4.69) is 15.4 Å². The van der Waals surface area contributed by atoms with Crippen LogP contribution in [0.1, 0.15) is 10.4 Å². The van der Waals surface area contributed by atoms with Crippen LogP contribution >= 0.6 is 11.3 Å². The molecule has 0 atom stereocenters. The highest BCUT2D eigenvalue weighted by Gasteiger charge is 2.17. The molecule has 0 aliphatic carbocycles. The minimum atomic E-state index is -0.647. The highest BCUT2D eigenvalue weighted by molar-refractivity contribution is 7.13. The topological polar surface area (TPSA) is 105 Å². The van der Waals surface area contributed by atoms with E-state index in [4.69, 9.17) is 14.2 Å². The van der Waals surface area contributed by atoms with Gasteiger partial charge in [0.1, 0.15) is 11.5 Å². The van der Waals surface area contributed by atoms with Gasteiger partial charge in [-0.05, 0) is 28.8 Å². The molecule has 0 aliphatic heterocycles. The number of hydrogen-bond acceptors (Lipinski definition) is 9. The van der Waals surface area contributed by atoms with Gasteiger partial charge in [-0.1, -0.05) is 6.07 Å². The molecule has 2 aromatic heterocycles. The zero-order valence-corrected chi connectivity index (χ0v) is 15.4. The zero-order valence-electron chi connectivity index (χ0n) is 14.6. The van der Waals surface area contributed by atoms with E-state index < -0.39 is 18.4 Å². The number of aromatic nitrogens is 4. The maximum absolute atomic E-state index is 12.3. The molecular weight excluding hydrogens is 372 g/mol. The van der Waals surface area contributed by atoms with Gasteiger partial charge in [-0.3, -0.25) is 4.79 Å². The van der Waals surface area contributed by atoms with Gasteiger partial charge in [-0.15, -0.1) is 21.5 Å². The Morgan fingerprint density at radius 1 is 1.19 bits per heavy atom. The minimum Gasteiger partial charge on any atom is -0.497 e. The third-order valence-corrected chi connectivity index (χ3v) is 4.40. The smallest absolute Gasteiger partial charge is 0.330 e. The fourth-order valence-electron chi connectivity index (χ4n) is 2.23. The number of nitrogens with zero attached hydrogens (tertiary/aromatic N) is 4. The molecule has 0 saturated carbocycles. The summed E-state index contributed by atoms with van der Waals surface area (Å²) in [6.07, 6.45) is 0. The van der Waals surface area contributed by atoms with Gasteiger partial charge >= 0.3 is 5.97 Å². The summed E-state index contributed by atoms with van der Waals surface area (Å²) in [5.74, 6) is 0.282. The second-order valence-corrected chi connectivity index (χ2v) is 6.22. The molecule has 0 fully saturated rings. The molecule has 10 heteroatoms. The summed E-state index contributed by atoms with van der Waals surface area (Å²) in [7, 11) is 2.96. The van der Waals surface area contributed by atoms with Gasteiger partial charge < -0.3 is 14.2 Å². The number of ether oxygens (including phenoxy) is 3. The summed E-state index contributed by atoms with van der Waals surface area (Å²) in [5.41, 5.74) is 0.296. The fourth-order valence-corrected chi connectivity index (χ4v) is 2.88. The maximum Gasteiger partial charge on any atom is 0.330 e. The summed E-state index contributed by atoms with van der Waals surface area (Å²) < 4.78 is 15.3. The van der Waals surface area contributed by atoms with E-state index in [-0.39, 0.29) is 6.54 Å². The molecule has 0 saturated heterocycles. The van der Waals surface area contributed by atoms with Crippen LogP contribution in [0.3, 0.4) is 0 Å². The molecule has 0 bridgehead atoms. The van der Waals surface area contributed by atoms with Crippen molar-refractivity contribution in [2.75, 3.05) is 20.8 Å². The number of carbonyl (C=O) groups excluding carboxylic acids is 2. The van der Waals surface area contributed by atoms with Crippen molar-refractivity contribution in [1.29, 1.82) is 0 Å². The van der Waals surface area contributed by atoms with Gasteiger partial charge in [0.25, 0.3) is 0 Å². The maximum atomic E-state index is 12.3. The number of thiophene rings is 1. The molecule has 1 aromatic carbocycles. The molecular formula is C17H16N4O5S. The Balaban J connectivity index is 1.57. The number of methoxy groups -OCH3 is 2. The highest BCUT2D eigenvalue weighted by atomic mass is 32.1. The summed E-state index contributed by atoms with van der Waals surface area (Å²) in [4.78, 5) is 26.2. The lowest BCUT2D eigenvalue weighted by Crippen LogP contribution is -2.20. The van der Waals surface area contributed by atoms with E-state index in [1.54, 1.807) is 18.2 Å². The van der Waals surface area contributed by atoms with Gasteiger partial charge in [-0.25, -0.2) is 4.79 Å². The lowest BCUT2D eigenvalue weighted by atomic mass is 10.1. The van der Waals surface area contributed by atoms with Crippen LogP contribution in [0.15, 0.2) is 35.7 Å². The van der Waals surface area contributed by atoms with Crippen molar-refractivity contribution >= 4 is 23.1 Å². The van der Waals surface area contributed by atoms with E-state index in [0.717, 1.165) is 9.67 Å². The van der Waals surface area contributed by atoms with Crippen LogP contribution in [0.25, 0.3) is 10.7 Å². The van der Waals surface area contributed by atoms with E-state index in [1.165, 1.54) is 25.6 Å². The van der Waals surface area contributed by atoms with E-state index in [9.17, 15) is 9.59 Å². The summed E-state index contributed by atoms with van der Waals surface area (Å²) in [6.45, 7) is -0.667. The van der Waals surface area contributed by atoms with Gasteiger partial charge in [0.2, 0.25) is 11.6 Å². The average Bonchev–Trinajstić information content (AvgIpc) is 3.37. The zero-order chi connectivity index (χ0) is 19.2. The first-order valence-corrected chi connectivity index (χ1v) is 8.71. The van der Waals surface area contributed by atoms with E-state index in [0.29, 0.717) is 22.9 Å². The average molecular weight is 388 g/mol. The normalized spacial score (nSPS) is 10.4. The SMILES string of the molecule is COc1ccc(C(=O)COC(=O)Cn2nnc(-c3cccs3)n2)c(OC)c1. The molecule has 0 radical (unpaired) electrons. The van der Waals surface area contributed by atoms with Gasteiger partial charge in [0, 0.05) is 6.07 Å². The highest BCUT2D eigenvalue weighted by Crippen LogP contribution is 2.25. The first-order valence-electron chi connectivity index (χ1n) is 7.83. The Morgan fingerprint density at radius 3 is 2.74 bits per heavy atom. The van der Waals surface area contributed by atoms with Crippen LogP contribution in [-0.4, -0.2) is 52.8 Å². The monoisotopic (exact) mass is 388 g/mol. The summed E-state index contributed by atoms with van der Waals surface area (Å²) in [6, 6.07) is 8.49. The predicted octanol–water partition coefficient (Wildman–Crippen LogP) is 1.84. The third-order valence-electron chi connectivity index (χ3n) is 3.54. The molecule has 0 amide bonds. The quantitative estimate of drug-likeness (QED) is 0.425. The third kappa shape index (κ3) is 4.47. The fraction of sp³-hybridized carbons (Fsp3) is 0.235. The number of esters is 1. The van der Waals surface area contributed by atoms with Crippen molar-refractivity contribution in [1.82, 2.24) is 20.2 Å². The molecule has 0 aliphatic rings. The van der Waals surface area contributed by atoms with Crippen LogP contribution in [-0.2, 0) is 16.1 Å². The van der Waals surface area contributed by atoms with E-state index >= 15 is 0 Å². The lowest BCUT2D eigenvalue weighted by molar-refractivity contribution is -0.143. The van der Waals surface area contributed by atoms with Crippen LogP contribution in [0.5, 0.6) is 11.5 Å². The van der Waals surface area contributed by atoms with Gasteiger partial charge in [0.15, 0.2) is 13.2 Å². The molecule has 0 N–H and O–H groups in total. The number of carbonyl (C=O) groups is 2. The Morgan fingerprint density at radius 2 is 2.04 bits per heavy atom. The minimum absolute atomic E-state index is 0.245. The Hall–Kier alpha value is -3.27. The number of Topliss-reactive ketones (excluding diaryl/α,β-unsaturated/α-hetero) is 1. The number of hydrogen-bond donors (Lipinski definition) is 0. The molecule has 3 rings (SSSR count). The first-order chi connectivity index (χ1) is 13.1. The molecule has 0 spiro atoms. The second-order valence-electron chi connectivity index (χ2n) is 5.27. The lowest BCUT2D eigenvalue weighted by Gasteiger charge is -2.09. The molecule has 0 unspecified atom stereocenters. The van der Waals surface area contributed by atoms with Crippen molar-refractivity contribution in [3.05, 3.63) is 41.3 Å². The van der Waals surface area contributed by atoms with Crippen LogP contribution in [0.4, 0.5) is 0 Å². The van der Waals surface area contributed by atoms with E-state index in [1.807, 2.05) is 17.5 Å². The van der Waals surface area contributed by atoms with Crippen molar-refractivity contribution in [2.24, 2.45) is 0 Å². The van der Waals surface area contributed by atoms with Crippen molar-refractivity contribution < 1.29 is 23.8 Å². The van der Waals surface area contributed by atoms with Crippen molar-refractivity contribution in [3.63, 3.8) is 0 Å². The molecule has 2 heterocycles. The molecule has 27 heavy (non-hydrogen) atoms. The number of tetrazole rings is 1. The number of ketones is 1. The van der Waals surface area contributed by atoms with Gasteiger partial charge in [-0.2, -0.15) is 4.80 Å². The molecule has 9 nitrogen and oxygen atoms in total. The van der Waals surface area contributed by atoms with Crippen LogP contribution in [0.2, 0.25) is 0 Å². The second kappa shape index (κ2) is 8.41. The number of rotatable bonds is 8. The van der Waals surface area contributed by atoms with Crippen molar-refractivity contribution in [3.8, 4) is 22.2 Å². The Kier molecular flexibility index (Phi) is 5.77. The standard InChI is InChI=1S/C17H16N4O5S/c1-24-11-5-6-12(14(8-11)25-2)13(22)10-26-16(23)9-21-19-17(18-20-21)15-4-3-7-27-15/h3-8H,9-10H2,1-2H3. The Bertz CT molecular complexity index is 939. The van der Waals surface area contributed by atoms with Gasteiger partial charge in [0.05, 0.1) is 24.7 Å². The Labute approximate surface area is 158 Å². The number of benzene rings is 1. The largest absolute Gasteiger partial charge is 0.497 e. The summed E-state index contributed by atoms with van der Waals surface area (Å²) in [5, 5.41) is 13.7. The van der Waals surface area contributed by atoms with Crippen LogP contribution < -0.4 is 9.47 Å². The van der Waals surface area contributed by atoms with Crippen LogP contribution in [0, 0.1) is 0 Å². The predicted molar refractivity (Wildman–Crippen MR) is 96.0 cm³/mol. The molecule has 140 valence electrons. The summed E-state index contributed by atoms with van der Waals surface area (Å²) >= 11 is 1.47.